The van der Waals surface area contributed by atoms with Crippen LogP contribution >= 0.6 is 11.3 Å². The highest BCUT2D eigenvalue weighted by atomic mass is 32.1. The number of carbonyl (C=O) groups is 2. The van der Waals surface area contributed by atoms with Crippen LogP contribution < -0.4 is 20.3 Å². The lowest BCUT2D eigenvalue weighted by atomic mass is 10.2. The Hall–Kier alpha value is -4.95. The van der Waals surface area contributed by atoms with Gasteiger partial charge in [0.2, 0.25) is 0 Å². The Balaban J connectivity index is 1.18. The summed E-state index contributed by atoms with van der Waals surface area (Å²) in [5, 5.41) is 2.28. The van der Waals surface area contributed by atoms with Gasteiger partial charge in [-0.3, -0.25) is 20.4 Å². The van der Waals surface area contributed by atoms with Crippen LogP contribution in [0.3, 0.4) is 0 Å². The van der Waals surface area contributed by atoms with Gasteiger partial charge < -0.3 is 9.47 Å². The number of benzene rings is 4. The maximum Gasteiger partial charge on any atom is 0.289 e. The molecule has 0 unspecified atom stereocenters. The third-order valence-electron chi connectivity index (χ3n) is 5.73. The van der Waals surface area contributed by atoms with Crippen LogP contribution in [0.1, 0.15) is 32.0 Å². The quantitative estimate of drug-likeness (QED) is 0.225. The van der Waals surface area contributed by atoms with Crippen molar-refractivity contribution >= 4 is 23.2 Å². The largest absolute Gasteiger partial charge is 0.489 e. The van der Waals surface area contributed by atoms with Crippen LogP contribution in [0.15, 0.2) is 115 Å². The van der Waals surface area contributed by atoms with Crippen LogP contribution in [0.5, 0.6) is 11.5 Å². The maximum atomic E-state index is 12.7. The lowest BCUT2D eigenvalue weighted by Gasteiger charge is -2.10. The second-order valence-corrected chi connectivity index (χ2v) is 9.38. The van der Waals surface area contributed by atoms with E-state index in [1.807, 2.05) is 84.9 Å². The van der Waals surface area contributed by atoms with Crippen LogP contribution in [-0.4, -0.2) is 16.8 Å². The molecule has 8 heteroatoms. The molecule has 4 aromatic carbocycles. The molecule has 0 saturated heterocycles. The molecule has 39 heavy (non-hydrogen) atoms. The summed E-state index contributed by atoms with van der Waals surface area (Å²) in [6.45, 7) is 0.802. The molecule has 5 rings (SSSR count). The summed E-state index contributed by atoms with van der Waals surface area (Å²) in [5.74, 6) is 0.231. The summed E-state index contributed by atoms with van der Waals surface area (Å²) in [4.78, 5) is 29.8. The predicted molar refractivity (Wildman–Crippen MR) is 150 cm³/mol. The Morgan fingerprint density at radius 2 is 1.33 bits per heavy atom. The Bertz CT molecular complexity index is 1550. The second-order valence-electron chi connectivity index (χ2n) is 8.52. The number of carbonyl (C=O) groups excluding carboxylic acids is 2. The molecule has 0 radical (unpaired) electrons. The number of aromatic nitrogens is 1. The van der Waals surface area contributed by atoms with Crippen molar-refractivity contribution in [3.05, 3.63) is 137 Å². The molecule has 0 saturated carbocycles. The van der Waals surface area contributed by atoms with E-state index in [4.69, 9.17) is 9.47 Å². The van der Waals surface area contributed by atoms with E-state index in [9.17, 15) is 9.59 Å². The smallest absolute Gasteiger partial charge is 0.289 e. The monoisotopic (exact) mass is 535 g/mol. The summed E-state index contributed by atoms with van der Waals surface area (Å²) in [6.07, 6.45) is 0. The first-order valence-electron chi connectivity index (χ1n) is 12.2. The molecular formula is C31H25N3O4S. The lowest BCUT2D eigenvalue weighted by molar-refractivity contribution is 0.0844. The Labute approximate surface area is 230 Å². The number of ether oxygens (including phenoxy) is 2. The average Bonchev–Trinajstić information content (AvgIpc) is 3.49. The van der Waals surface area contributed by atoms with Crippen molar-refractivity contribution in [3.8, 4) is 22.1 Å². The number of nitrogens with one attached hydrogen (secondary N) is 2. The molecule has 0 spiro atoms. The summed E-state index contributed by atoms with van der Waals surface area (Å²) >= 11 is 1.32. The zero-order valence-corrected chi connectivity index (χ0v) is 21.7. The molecule has 0 aliphatic rings. The van der Waals surface area contributed by atoms with E-state index in [1.54, 1.807) is 29.6 Å². The van der Waals surface area contributed by atoms with Gasteiger partial charge in [-0.05, 0) is 41.5 Å². The van der Waals surface area contributed by atoms with Crippen LogP contribution in [0.2, 0.25) is 0 Å². The van der Waals surface area contributed by atoms with Gasteiger partial charge in [-0.2, -0.15) is 0 Å². The minimum absolute atomic E-state index is 0.188. The van der Waals surface area contributed by atoms with Crippen LogP contribution in [0.25, 0.3) is 10.6 Å². The highest BCUT2D eigenvalue weighted by molar-refractivity contribution is 7.13. The van der Waals surface area contributed by atoms with Gasteiger partial charge in [0.05, 0.1) is 5.56 Å². The van der Waals surface area contributed by atoms with Crippen molar-refractivity contribution in [2.24, 2.45) is 0 Å². The van der Waals surface area contributed by atoms with Crippen molar-refractivity contribution in [2.75, 3.05) is 0 Å². The molecule has 0 bridgehead atoms. The predicted octanol–water partition coefficient (Wildman–Crippen LogP) is 6.04. The average molecular weight is 536 g/mol. The van der Waals surface area contributed by atoms with Crippen molar-refractivity contribution in [2.45, 2.75) is 13.2 Å². The minimum atomic E-state index is -0.523. The van der Waals surface area contributed by atoms with Gasteiger partial charge in [-0.25, -0.2) is 4.98 Å². The van der Waals surface area contributed by atoms with Gasteiger partial charge in [-0.15, -0.1) is 11.3 Å². The van der Waals surface area contributed by atoms with Crippen LogP contribution in [-0.2, 0) is 13.2 Å². The van der Waals surface area contributed by atoms with E-state index in [2.05, 4.69) is 15.8 Å². The van der Waals surface area contributed by atoms with E-state index in [-0.39, 0.29) is 5.69 Å². The van der Waals surface area contributed by atoms with E-state index in [0.29, 0.717) is 35.3 Å². The normalized spacial score (nSPS) is 10.5. The van der Waals surface area contributed by atoms with Crippen LogP contribution in [0, 0.1) is 0 Å². The Morgan fingerprint density at radius 1 is 0.692 bits per heavy atom. The highest BCUT2D eigenvalue weighted by Crippen LogP contribution is 2.32. The molecule has 0 atom stereocenters. The molecule has 2 amide bonds. The first kappa shape index (κ1) is 25.7. The fraction of sp³-hybridized carbons (Fsp3) is 0.0645. The third-order valence-corrected chi connectivity index (χ3v) is 6.60. The van der Waals surface area contributed by atoms with E-state index < -0.39 is 11.8 Å². The number of nitrogens with zero attached hydrogens (tertiary/aromatic N) is 1. The fourth-order valence-corrected chi connectivity index (χ4v) is 4.55. The van der Waals surface area contributed by atoms with Gasteiger partial charge >= 0.3 is 0 Å². The zero-order chi connectivity index (χ0) is 26.9. The molecular weight excluding hydrogens is 510 g/mol. The topological polar surface area (TPSA) is 89.6 Å². The Kier molecular flexibility index (Phi) is 8.25. The van der Waals surface area contributed by atoms with E-state index in [0.717, 1.165) is 16.7 Å². The molecule has 7 nitrogen and oxygen atoms in total. The van der Waals surface area contributed by atoms with Gasteiger partial charge in [0.15, 0.2) is 0 Å². The van der Waals surface area contributed by atoms with E-state index in [1.165, 1.54) is 11.3 Å². The standard InChI is InChI=1S/C31H25N3O4S/c35-29(24-14-9-15-25(18-24)37-19-22-10-3-1-4-11-22)33-34-30(36)27-21-39-31(32-27)26-16-7-8-17-28(26)38-20-23-12-5-2-6-13-23/h1-18,21H,19-20H2,(H,33,35)(H,34,36). The molecule has 0 aliphatic carbocycles. The van der Waals surface area contributed by atoms with Gasteiger partial charge in [0.25, 0.3) is 11.8 Å². The summed E-state index contributed by atoms with van der Waals surface area (Å²) in [6, 6.07) is 33.9. The van der Waals surface area contributed by atoms with Crippen molar-refractivity contribution in [1.29, 1.82) is 0 Å². The number of hydrazine groups is 1. The summed E-state index contributed by atoms with van der Waals surface area (Å²) in [7, 11) is 0. The highest BCUT2D eigenvalue weighted by Gasteiger charge is 2.16. The summed E-state index contributed by atoms with van der Waals surface area (Å²) < 4.78 is 11.8. The molecule has 0 fully saturated rings. The minimum Gasteiger partial charge on any atom is -0.489 e. The Morgan fingerprint density at radius 3 is 2.08 bits per heavy atom. The van der Waals surface area contributed by atoms with Crippen molar-refractivity contribution < 1.29 is 19.1 Å². The molecule has 5 aromatic rings. The van der Waals surface area contributed by atoms with Gasteiger partial charge in [-0.1, -0.05) is 78.9 Å². The molecule has 194 valence electrons. The number of rotatable bonds is 9. The van der Waals surface area contributed by atoms with Gasteiger partial charge in [0.1, 0.15) is 35.4 Å². The molecule has 1 aromatic heterocycles. The van der Waals surface area contributed by atoms with Crippen molar-refractivity contribution in [1.82, 2.24) is 15.8 Å². The summed E-state index contributed by atoms with van der Waals surface area (Å²) in [5.41, 5.74) is 8.27. The maximum absolute atomic E-state index is 12.7. The lowest BCUT2D eigenvalue weighted by Crippen LogP contribution is -2.41. The third kappa shape index (κ3) is 6.88. The number of hydrogen-bond donors (Lipinski definition) is 2. The molecule has 0 aliphatic heterocycles. The number of amides is 2. The fourth-order valence-electron chi connectivity index (χ4n) is 3.72. The number of thiazole rings is 1. The first-order valence-corrected chi connectivity index (χ1v) is 13.1. The number of para-hydroxylation sites is 1. The molecule has 2 N–H and O–H groups in total. The zero-order valence-electron chi connectivity index (χ0n) is 20.9. The first-order chi connectivity index (χ1) is 19.2. The van der Waals surface area contributed by atoms with E-state index >= 15 is 0 Å². The van der Waals surface area contributed by atoms with Crippen molar-refractivity contribution in [3.63, 3.8) is 0 Å². The second kappa shape index (κ2) is 12.5. The molecule has 1 heterocycles. The van der Waals surface area contributed by atoms with Gasteiger partial charge in [0, 0.05) is 10.9 Å². The SMILES string of the molecule is O=C(NNC(=O)c1csc(-c2ccccc2OCc2ccccc2)n1)c1cccc(OCc2ccccc2)c1. The number of hydrogen-bond acceptors (Lipinski definition) is 6. The van der Waals surface area contributed by atoms with Crippen LogP contribution in [0.4, 0.5) is 0 Å².